The number of ether oxygens (including phenoxy) is 1. The number of anilines is 1. The van der Waals surface area contributed by atoms with E-state index in [1.54, 1.807) is 7.11 Å². The third-order valence-electron chi connectivity index (χ3n) is 4.59. The van der Waals surface area contributed by atoms with Gasteiger partial charge < -0.3 is 9.64 Å². The Hall–Kier alpha value is -2.86. The number of hydrogen-bond acceptors (Lipinski definition) is 4. The van der Waals surface area contributed by atoms with Gasteiger partial charge in [-0.15, -0.1) is 0 Å². The normalized spacial score (nSPS) is 15.7. The fraction of sp³-hybridized carbons (Fsp3) is 0.263. The number of aromatic amines is 1. The van der Waals surface area contributed by atoms with Crippen molar-refractivity contribution in [1.29, 1.82) is 0 Å². The molecule has 1 N–H and O–H groups in total. The number of hydrogen-bond donors (Lipinski definition) is 1. The Bertz CT molecular complexity index is 891. The number of amides is 1. The van der Waals surface area contributed by atoms with Gasteiger partial charge in [-0.3, -0.25) is 14.8 Å². The Labute approximate surface area is 146 Å². The second-order valence-electron chi connectivity index (χ2n) is 6.18. The van der Waals surface area contributed by atoms with E-state index >= 15 is 0 Å². The number of benzene rings is 2. The average Bonchev–Trinajstić information content (AvgIpc) is 3.04. The summed E-state index contributed by atoms with van der Waals surface area (Å²) in [5.74, 6) is 0.930. The molecule has 0 bridgehead atoms. The van der Waals surface area contributed by atoms with Crippen molar-refractivity contribution >= 4 is 22.5 Å². The zero-order chi connectivity index (χ0) is 17.2. The van der Waals surface area contributed by atoms with Crippen LogP contribution in [-0.2, 0) is 11.3 Å². The first kappa shape index (κ1) is 15.7. The van der Waals surface area contributed by atoms with Crippen LogP contribution in [-0.4, -0.2) is 47.7 Å². The molecule has 1 aliphatic heterocycles. The molecule has 128 valence electrons. The van der Waals surface area contributed by atoms with Crippen LogP contribution < -0.4 is 9.64 Å². The second-order valence-corrected chi connectivity index (χ2v) is 6.18. The first-order valence-electron chi connectivity index (χ1n) is 8.33. The molecular weight excluding hydrogens is 316 g/mol. The van der Waals surface area contributed by atoms with Crippen molar-refractivity contribution in [3.8, 4) is 5.75 Å². The third kappa shape index (κ3) is 3.08. The maximum absolute atomic E-state index is 12.5. The van der Waals surface area contributed by atoms with Crippen molar-refractivity contribution in [2.24, 2.45) is 0 Å². The highest BCUT2D eigenvalue weighted by atomic mass is 16.5. The first-order valence-corrected chi connectivity index (χ1v) is 8.33. The molecule has 6 heteroatoms. The van der Waals surface area contributed by atoms with Crippen LogP contribution in [0, 0.1) is 0 Å². The van der Waals surface area contributed by atoms with Gasteiger partial charge in [-0.2, -0.15) is 5.10 Å². The van der Waals surface area contributed by atoms with Crippen LogP contribution in [0.1, 0.15) is 5.69 Å². The van der Waals surface area contributed by atoms with Crippen LogP contribution in [0.25, 0.3) is 10.9 Å². The van der Waals surface area contributed by atoms with Crippen LogP contribution in [0.2, 0.25) is 0 Å². The monoisotopic (exact) mass is 336 g/mol. The van der Waals surface area contributed by atoms with Crippen molar-refractivity contribution in [3.05, 3.63) is 54.2 Å². The molecule has 1 saturated heterocycles. The summed E-state index contributed by atoms with van der Waals surface area (Å²) in [5.41, 5.74) is 2.88. The predicted octanol–water partition coefficient (Wildman–Crippen LogP) is 2.42. The van der Waals surface area contributed by atoms with Gasteiger partial charge in [0.25, 0.3) is 0 Å². The van der Waals surface area contributed by atoms with E-state index in [2.05, 4.69) is 15.1 Å². The summed E-state index contributed by atoms with van der Waals surface area (Å²) in [6.45, 7) is 2.58. The van der Waals surface area contributed by atoms with Crippen molar-refractivity contribution in [2.45, 2.75) is 6.54 Å². The maximum Gasteiger partial charge on any atom is 0.241 e. The van der Waals surface area contributed by atoms with Gasteiger partial charge in [0.15, 0.2) is 0 Å². The summed E-state index contributed by atoms with van der Waals surface area (Å²) in [6.07, 6.45) is 0. The maximum atomic E-state index is 12.5. The van der Waals surface area contributed by atoms with Gasteiger partial charge in [-0.1, -0.05) is 18.2 Å². The summed E-state index contributed by atoms with van der Waals surface area (Å²) in [7, 11) is 1.66. The number of carbonyl (C=O) groups excluding carboxylic acids is 1. The highest BCUT2D eigenvalue weighted by Gasteiger charge is 2.25. The van der Waals surface area contributed by atoms with E-state index in [-0.39, 0.29) is 5.91 Å². The van der Waals surface area contributed by atoms with E-state index < -0.39 is 0 Å². The molecule has 0 spiro atoms. The molecule has 4 rings (SSSR count). The SMILES string of the molecule is COc1ccc2n[nH]c(CN3CCN(c4ccccc4)C(=O)C3)c2c1. The first-order chi connectivity index (χ1) is 12.2. The van der Waals surface area contributed by atoms with Crippen molar-refractivity contribution < 1.29 is 9.53 Å². The smallest absolute Gasteiger partial charge is 0.241 e. The van der Waals surface area contributed by atoms with Gasteiger partial charge in [0, 0.05) is 30.7 Å². The highest BCUT2D eigenvalue weighted by Crippen LogP contribution is 2.24. The fourth-order valence-corrected chi connectivity index (χ4v) is 3.25. The number of para-hydroxylation sites is 1. The standard InChI is InChI=1S/C19H20N4O2/c1-25-15-7-8-17-16(11-15)18(21-20-17)12-22-9-10-23(19(24)13-22)14-5-3-2-4-6-14/h2-8,11H,9-10,12-13H2,1H3,(H,20,21). The molecule has 0 unspecified atom stereocenters. The summed E-state index contributed by atoms with van der Waals surface area (Å²) in [6, 6.07) is 15.6. The molecule has 2 aromatic carbocycles. The molecular formula is C19H20N4O2. The molecule has 0 aliphatic carbocycles. The lowest BCUT2D eigenvalue weighted by atomic mass is 10.1. The Balaban J connectivity index is 1.49. The Morgan fingerprint density at radius 1 is 1.16 bits per heavy atom. The van der Waals surface area contributed by atoms with E-state index in [1.807, 2.05) is 53.4 Å². The van der Waals surface area contributed by atoms with E-state index in [4.69, 9.17) is 4.74 Å². The van der Waals surface area contributed by atoms with Crippen LogP contribution >= 0.6 is 0 Å². The molecule has 25 heavy (non-hydrogen) atoms. The van der Waals surface area contributed by atoms with Crippen molar-refractivity contribution in [3.63, 3.8) is 0 Å². The number of rotatable bonds is 4. The molecule has 1 aliphatic rings. The van der Waals surface area contributed by atoms with Crippen molar-refractivity contribution in [2.75, 3.05) is 31.6 Å². The molecule has 2 heterocycles. The van der Waals surface area contributed by atoms with E-state index in [0.29, 0.717) is 19.6 Å². The third-order valence-corrected chi connectivity index (χ3v) is 4.59. The van der Waals surface area contributed by atoms with Crippen LogP contribution in [0.3, 0.4) is 0 Å². The Morgan fingerprint density at radius 2 is 2.00 bits per heavy atom. The quantitative estimate of drug-likeness (QED) is 0.795. The minimum Gasteiger partial charge on any atom is -0.497 e. The van der Waals surface area contributed by atoms with Crippen molar-refractivity contribution in [1.82, 2.24) is 15.1 Å². The molecule has 1 amide bonds. The summed E-state index contributed by atoms with van der Waals surface area (Å²) in [4.78, 5) is 16.5. The highest BCUT2D eigenvalue weighted by molar-refractivity contribution is 5.95. The van der Waals surface area contributed by atoms with E-state index in [1.165, 1.54) is 0 Å². The van der Waals surface area contributed by atoms with E-state index in [9.17, 15) is 4.79 Å². The molecule has 1 fully saturated rings. The largest absolute Gasteiger partial charge is 0.497 e. The van der Waals surface area contributed by atoms with Gasteiger partial charge >= 0.3 is 0 Å². The number of nitrogens with one attached hydrogen (secondary N) is 1. The fourth-order valence-electron chi connectivity index (χ4n) is 3.25. The minimum absolute atomic E-state index is 0.124. The molecule has 0 radical (unpaired) electrons. The zero-order valence-electron chi connectivity index (χ0n) is 14.1. The van der Waals surface area contributed by atoms with Crippen LogP contribution in [0.15, 0.2) is 48.5 Å². The number of aromatic nitrogens is 2. The van der Waals surface area contributed by atoms with Gasteiger partial charge in [-0.25, -0.2) is 0 Å². The summed E-state index contributed by atoms with van der Waals surface area (Å²) >= 11 is 0. The van der Waals surface area contributed by atoms with Gasteiger partial charge in [0.1, 0.15) is 5.75 Å². The molecule has 0 saturated carbocycles. The average molecular weight is 336 g/mol. The second kappa shape index (κ2) is 6.57. The number of H-pyrrole nitrogens is 1. The summed E-state index contributed by atoms with van der Waals surface area (Å²) < 4.78 is 5.30. The Morgan fingerprint density at radius 3 is 2.76 bits per heavy atom. The Kier molecular flexibility index (Phi) is 4.11. The van der Waals surface area contributed by atoms with Gasteiger partial charge in [0.05, 0.1) is 24.9 Å². The topological polar surface area (TPSA) is 61.5 Å². The predicted molar refractivity (Wildman–Crippen MR) is 96.7 cm³/mol. The zero-order valence-corrected chi connectivity index (χ0v) is 14.1. The van der Waals surface area contributed by atoms with Gasteiger partial charge in [-0.05, 0) is 30.3 Å². The molecule has 1 aromatic heterocycles. The number of methoxy groups -OCH3 is 1. The van der Waals surface area contributed by atoms with Crippen LogP contribution in [0.4, 0.5) is 5.69 Å². The molecule has 6 nitrogen and oxygen atoms in total. The summed E-state index contributed by atoms with van der Waals surface area (Å²) in [5, 5.41) is 8.48. The number of carbonyl (C=O) groups is 1. The molecule has 0 atom stereocenters. The minimum atomic E-state index is 0.124. The number of nitrogens with zero attached hydrogens (tertiary/aromatic N) is 3. The number of fused-ring (bicyclic) bond motifs is 1. The van der Waals surface area contributed by atoms with Crippen LogP contribution in [0.5, 0.6) is 5.75 Å². The van der Waals surface area contributed by atoms with Gasteiger partial charge in [0.2, 0.25) is 5.91 Å². The molecule has 3 aromatic rings. The lowest BCUT2D eigenvalue weighted by molar-refractivity contribution is -0.121. The van der Waals surface area contributed by atoms with E-state index in [0.717, 1.165) is 34.6 Å². The lowest BCUT2D eigenvalue weighted by Gasteiger charge is -2.34. The lowest BCUT2D eigenvalue weighted by Crippen LogP contribution is -2.50. The number of piperazine rings is 1.